The minimum Gasteiger partial charge on any atom is -0.478 e. The smallest absolute Gasteiger partial charge is 0.335 e. The van der Waals surface area contributed by atoms with Crippen LogP contribution < -0.4 is 0 Å². The van der Waals surface area contributed by atoms with E-state index < -0.39 is 5.97 Å². The lowest BCUT2D eigenvalue weighted by molar-refractivity contribution is -0.709. The van der Waals surface area contributed by atoms with Gasteiger partial charge in [0.25, 0.3) is 5.69 Å². The first-order chi connectivity index (χ1) is 8.66. The first-order valence-corrected chi connectivity index (χ1v) is 5.38. The molecule has 0 aliphatic rings. The Labute approximate surface area is 104 Å². The van der Waals surface area contributed by atoms with E-state index in [1.165, 1.54) is 18.3 Å². The van der Waals surface area contributed by atoms with Crippen LogP contribution >= 0.6 is 0 Å². The van der Waals surface area contributed by atoms with E-state index in [9.17, 15) is 10.0 Å². The molecule has 0 fully saturated rings. The van der Waals surface area contributed by atoms with Crippen LogP contribution in [-0.4, -0.2) is 27.2 Å². The molecule has 0 heterocycles. The van der Waals surface area contributed by atoms with Gasteiger partial charge in [0.05, 0.1) is 5.56 Å². The molecule has 4 heteroatoms. The minimum atomic E-state index is -0.967. The van der Waals surface area contributed by atoms with Crippen molar-refractivity contribution < 1.29 is 19.8 Å². The van der Waals surface area contributed by atoms with E-state index in [2.05, 4.69) is 0 Å². The molecule has 0 spiro atoms. The Kier molecular flexibility index (Phi) is 3.38. The van der Waals surface area contributed by atoms with Crippen LogP contribution in [0.1, 0.15) is 15.9 Å². The number of benzene rings is 2. The molecule has 0 aromatic heterocycles. The second-order valence-electron chi connectivity index (χ2n) is 3.74. The molecule has 0 aliphatic heterocycles. The van der Waals surface area contributed by atoms with Crippen LogP contribution in [0.5, 0.6) is 0 Å². The number of nitrogens with zero attached hydrogens (tertiary/aromatic N) is 1. The molecular formula is C14H12NO3+. The summed E-state index contributed by atoms with van der Waals surface area (Å²) >= 11 is 0. The lowest BCUT2D eigenvalue weighted by Crippen LogP contribution is -2.02. The number of carbonyl (C=O) groups is 1. The SMILES string of the molecule is O=C(O)c1ccc(C=[N+](O)c2ccccc2)cc1. The van der Waals surface area contributed by atoms with Gasteiger partial charge in [-0.1, -0.05) is 18.2 Å². The molecule has 0 atom stereocenters. The van der Waals surface area contributed by atoms with Crippen molar-refractivity contribution in [3.8, 4) is 0 Å². The summed E-state index contributed by atoms with van der Waals surface area (Å²) in [7, 11) is 0. The highest BCUT2D eigenvalue weighted by molar-refractivity contribution is 5.88. The molecule has 0 bridgehead atoms. The molecule has 0 aliphatic carbocycles. The lowest BCUT2D eigenvalue weighted by Gasteiger charge is -1.95. The molecule has 0 unspecified atom stereocenters. The molecule has 0 saturated carbocycles. The maximum Gasteiger partial charge on any atom is 0.335 e. The van der Waals surface area contributed by atoms with Gasteiger partial charge in [0, 0.05) is 22.4 Å². The van der Waals surface area contributed by atoms with Crippen molar-refractivity contribution in [1.82, 2.24) is 0 Å². The van der Waals surface area contributed by atoms with E-state index in [-0.39, 0.29) is 5.56 Å². The van der Waals surface area contributed by atoms with Gasteiger partial charge in [0.15, 0.2) is 0 Å². The highest BCUT2D eigenvalue weighted by Crippen LogP contribution is 2.09. The normalized spacial score (nSPS) is 11.2. The van der Waals surface area contributed by atoms with Gasteiger partial charge in [-0.25, -0.2) is 4.79 Å². The topological polar surface area (TPSA) is 60.5 Å². The molecule has 2 aromatic carbocycles. The quantitative estimate of drug-likeness (QED) is 0.376. The Morgan fingerprint density at radius 2 is 1.61 bits per heavy atom. The third-order valence-electron chi connectivity index (χ3n) is 2.45. The number of carboxylic acids is 1. The zero-order valence-electron chi connectivity index (χ0n) is 9.52. The molecule has 2 aromatic rings. The molecule has 2 N–H and O–H groups in total. The highest BCUT2D eigenvalue weighted by Gasteiger charge is 2.07. The minimum absolute atomic E-state index is 0.219. The average molecular weight is 242 g/mol. The Morgan fingerprint density at radius 1 is 1.00 bits per heavy atom. The third kappa shape index (κ3) is 2.74. The molecular weight excluding hydrogens is 230 g/mol. The van der Waals surface area contributed by atoms with Crippen LogP contribution in [0.25, 0.3) is 0 Å². The van der Waals surface area contributed by atoms with Crippen molar-refractivity contribution in [1.29, 1.82) is 0 Å². The lowest BCUT2D eigenvalue weighted by atomic mass is 10.1. The second-order valence-corrected chi connectivity index (χ2v) is 3.74. The van der Waals surface area contributed by atoms with E-state index in [1.807, 2.05) is 18.2 Å². The molecule has 4 nitrogen and oxygen atoms in total. The number of aromatic carboxylic acids is 1. The summed E-state index contributed by atoms with van der Waals surface area (Å²) in [5.41, 5.74) is 1.57. The summed E-state index contributed by atoms with van der Waals surface area (Å²) in [6.07, 6.45) is 1.51. The van der Waals surface area contributed by atoms with Gasteiger partial charge in [0.2, 0.25) is 6.21 Å². The summed E-state index contributed by atoms with van der Waals surface area (Å²) in [4.78, 5) is 10.7. The average Bonchev–Trinajstić information content (AvgIpc) is 2.40. The number of hydrogen-bond donors (Lipinski definition) is 2. The van der Waals surface area contributed by atoms with E-state index >= 15 is 0 Å². The first-order valence-electron chi connectivity index (χ1n) is 5.38. The fraction of sp³-hybridized carbons (Fsp3) is 0. The molecule has 0 amide bonds. The number of rotatable bonds is 3. The van der Waals surface area contributed by atoms with Crippen LogP contribution in [0.4, 0.5) is 5.69 Å². The van der Waals surface area contributed by atoms with Crippen molar-refractivity contribution in [3.63, 3.8) is 0 Å². The largest absolute Gasteiger partial charge is 0.478 e. The first kappa shape index (κ1) is 11.9. The monoisotopic (exact) mass is 242 g/mol. The third-order valence-corrected chi connectivity index (χ3v) is 2.45. The van der Waals surface area contributed by atoms with Gasteiger partial charge in [-0.15, -0.1) is 0 Å². The Bertz CT molecular complexity index is 574. The maximum atomic E-state index is 10.7. The van der Waals surface area contributed by atoms with Crippen LogP contribution in [0.2, 0.25) is 0 Å². The zero-order chi connectivity index (χ0) is 13.0. The van der Waals surface area contributed by atoms with Crippen molar-refractivity contribution in [2.45, 2.75) is 0 Å². The summed E-state index contributed by atoms with van der Waals surface area (Å²) in [5.74, 6) is -0.967. The standard InChI is InChI=1S/C14H11NO3/c16-14(17)12-8-6-11(7-9-12)10-15(18)13-4-2-1-3-5-13/h1-10H,(H-,16,17,18)/p+1. The van der Waals surface area contributed by atoms with Crippen molar-refractivity contribution in [3.05, 3.63) is 65.7 Å². The van der Waals surface area contributed by atoms with Gasteiger partial charge in [0.1, 0.15) is 0 Å². The van der Waals surface area contributed by atoms with Crippen LogP contribution in [0.15, 0.2) is 54.6 Å². The fourth-order valence-corrected chi connectivity index (χ4v) is 1.51. The Morgan fingerprint density at radius 3 is 2.17 bits per heavy atom. The van der Waals surface area contributed by atoms with Crippen molar-refractivity contribution in [2.75, 3.05) is 0 Å². The second kappa shape index (κ2) is 5.14. The maximum absolute atomic E-state index is 10.7. The van der Waals surface area contributed by atoms with E-state index in [0.717, 1.165) is 4.74 Å². The van der Waals surface area contributed by atoms with E-state index in [0.29, 0.717) is 11.3 Å². The summed E-state index contributed by atoms with van der Waals surface area (Å²) in [6.45, 7) is 0. The highest BCUT2D eigenvalue weighted by atomic mass is 16.5. The van der Waals surface area contributed by atoms with Crippen LogP contribution in [0, 0.1) is 0 Å². The van der Waals surface area contributed by atoms with Gasteiger partial charge < -0.3 is 5.11 Å². The van der Waals surface area contributed by atoms with Gasteiger partial charge >= 0.3 is 5.97 Å². The van der Waals surface area contributed by atoms with Gasteiger partial charge in [-0.2, -0.15) is 0 Å². The van der Waals surface area contributed by atoms with E-state index in [4.69, 9.17) is 5.11 Å². The van der Waals surface area contributed by atoms with E-state index in [1.54, 1.807) is 24.3 Å². The number of hydrogen-bond acceptors (Lipinski definition) is 2. The predicted molar refractivity (Wildman–Crippen MR) is 66.7 cm³/mol. The molecule has 18 heavy (non-hydrogen) atoms. The summed E-state index contributed by atoms with van der Waals surface area (Å²) in [6, 6.07) is 15.3. The number of para-hydroxylation sites is 1. The fourth-order valence-electron chi connectivity index (χ4n) is 1.51. The van der Waals surface area contributed by atoms with Crippen molar-refractivity contribution in [2.24, 2.45) is 0 Å². The zero-order valence-corrected chi connectivity index (χ0v) is 9.52. The Balaban J connectivity index is 2.25. The molecule has 0 radical (unpaired) electrons. The van der Waals surface area contributed by atoms with Crippen LogP contribution in [-0.2, 0) is 0 Å². The predicted octanol–water partition coefficient (Wildman–Crippen LogP) is 2.54. The van der Waals surface area contributed by atoms with Crippen molar-refractivity contribution >= 4 is 17.9 Å². The van der Waals surface area contributed by atoms with Gasteiger partial charge in [-0.05, 0) is 24.3 Å². The number of carboxylic acid groups (broad SMARTS) is 1. The van der Waals surface area contributed by atoms with Gasteiger partial charge in [-0.3, -0.25) is 5.21 Å². The van der Waals surface area contributed by atoms with Crippen LogP contribution in [0.3, 0.4) is 0 Å². The molecule has 2 rings (SSSR count). The molecule has 90 valence electrons. The Hall–Kier alpha value is -2.62. The summed E-state index contributed by atoms with van der Waals surface area (Å²) < 4.78 is 0.996. The molecule has 0 saturated heterocycles. The summed E-state index contributed by atoms with van der Waals surface area (Å²) in [5, 5.41) is 18.6.